The molecular formula is C23H27NO7S. The molecule has 172 valence electrons. The minimum atomic E-state index is -0.894. The molecule has 0 bridgehead atoms. The average Bonchev–Trinajstić information content (AvgIpc) is 2.83. The largest absolute Gasteiger partial charge is 0.497 e. The molecule has 9 heteroatoms. The molecule has 2 aromatic rings. The maximum absolute atomic E-state index is 12.6. The summed E-state index contributed by atoms with van der Waals surface area (Å²) in [4.78, 5) is 37.4. The number of carbonyl (C=O) groups excluding carboxylic acids is 3. The molecule has 0 aliphatic heterocycles. The van der Waals surface area contributed by atoms with Crippen molar-refractivity contribution >= 4 is 29.4 Å². The Morgan fingerprint density at radius 1 is 0.969 bits per heavy atom. The molecule has 0 radical (unpaired) electrons. The highest BCUT2D eigenvalue weighted by molar-refractivity contribution is 7.98. The fourth-order valence-electron chi connectivity index (χ4n) is 2.73. The van der Waals surface area contributed by atoms with Crippen LogP contribution in [0.25, 0.3) is 0 Å². The summed E-state index contributed by atoms with van der Waals surface area (Å²) in [5.41, 5.74) is 0.237. The van der Waals surface area contributed by atoms with Crippen LogP contribution in [0.3, 0.4) is 0 Å². The van der Waals surface area contributed by atoms with Gasteiger partial charge in [0.05, 0.1) is 19.8 Å². The van der Waals surface area contributed by atoms with Gasteiger partial charge in [0.25, 0.3) is 5.91 Å². The standard InChI is InChI=1S/C23H27NO7S/c1-28-17-9-10-21(29-2)18(13-17)20(25)14-31-23(27)19(11-12-32-3)24-22(26)15-30-16-7-5-4-6-8-16/h4-10,13,19H,11-12,14-15H2,1-3H3,(H,24,26)/t19-/m1/s1. The summed E-state index contributed by atoms with van der Waals surface area (Å²) in [6, 6.07) is 12.8. The van der Waals surface area contributed by atoms with Gasteiger partial charge in [-0.3, -0.25) is 9.59 Å². The highest BCUT2D eigenvalue weighted by atomic mass is 32.2. The molecular weight excluding hydrogens is 434 g/mol. The van der Waals surface area contributed by atoms with Crippen molar-refractivity contribution in [2.24, 2.45) is 0 Å². The van der Waals surface area contributed by atoms with Crippen molar-refractivity contribution in [1.29, 1.82) is 0 Å². The first-order valence-corrected chi connectivity index (χ1v) is 11.3. The highest BCUT2D eigenvalue weighted by Gasteiger charge is 2.24. The maximum atomic E-state index is 12.6. The van der Waals surface area contributed by atoms with E-state index in [-0.39, 0.29) is 12.2 Å². The third kappa shape index (κ3) is 7.81. The molecule has 32 heavy (non-hydrogen) atoms. The Balaban J connectivity index is 1.95. The van der Waals surface area contributed by atoms with E-state index in [2.05, 4.69) is 5.32 Å². The predicted octanol–water partition coefficient (Wildman–Crippen LogP) is 2.75. The molecule has 0 fully saturated rings. The number of Topliss-reactive ketones (excluding diaryl/α,β-unsaturated/α-hetero) is 1. The molecule has 2 aromatic carbocycles. The summed E-state index contributed by atoms with van der Waals surface area (Å²) >= 11 is 1.53. The monoisotopic (exact) mass is 461 g/mol. The van der Waals surface area contributed by atoms with Crippen LogP contribution >= 0.6 is 11.8 Å². The Labute approximate surface area is 191 Å². The lowest BCUT2D eigenvalue weighted by atomic mass is 10.1. The molecule has 1 N–H and O–H groups in total. The van der Waals surface area contributed by atoms with Crippen molar-refractivity contribution in [3.63, 3.8) is 0 Å². The first-order valence-electron chi connectivity index (χ1n) is 9.86. The van der Waals surface area contributed by atoms with Crippen LogP contribution in [-0.4, -0.2) is 63.1 Å². The number of nitrogens with one attached hydrogen (secondary N) is 1. The van der Waals surface area contributed by atoms with Gasteiger partial charge in [0.15, 0.2) is 13.2 Å². The second-order valence-electron chi connectivity index (χ2n) is 6.60. The summed E-state index contributed by atoms with van der Waals surface area (Å²) in [6.45, 7) is -0.735. The summed E-state index contributed by atoms with van der Waals surface area (Å²) in [7, 11) is 2.92. The molecule has 0 unspecified atom stereocenters. The van der Waals surface area contributed by atoms with E-state index >= 15 is 0 Å². The molecule has 0 aliphatic carbocycles. The van der Waals surface area contributed by atoms with Gasteiger partial charge in [-0.05, 0) is 48.8 Å². The van der Waals surface area contributed by atoms with E-state index in [9.17, 15) is 14.4 Å². The normalized spacial score (nSPS) is 11.2. The second-order valence-corrected chi connectivity index (χ2v) is 7.59. The summed E-state index contributed by atoms with van der Waals surface area (Å²) in [5.74, 6) is 0.387. The Bertz CT molecular complexity index is 904. The minimum Gasteiger partial charge on any atom is -0.497 e. The van der Waals surface area contributed by atoms with Crippen LogP contribution in [0.5, 0.6) is 17.2 Å². The van der Waals surface area contributed by atoms with Crippen molar-refractivity contribution in [3.8, 4) is 17.2 Å². The van der Waals surface area contributed by atoms with Gasteiger partial charge >= 0.3 is 5.97 Å². The number of para-hydroxylation sites is 1. The second kappa shape index (κ2) is 13.3. The number of carbonyl (C=O) groups is 3. The van der Waals surface area contributed by atoms with Gasteiger partial charge in [0.1, 0.15) is 23.3 Å². The third-order valence-electron chi connectivity index (χ3n) is 4.40. The number of benzene rings is 2. The van der Waals surface area contributed by atoms with Crippen LogP contribution in [0.1, 0.15) is 16.8 Å². The number of amides is 1. The van der Waals surface area contributed by atoms with Gasteiger partial charge in [0, 0.05) is 0 Å². The van der Waals surface area contributed by atoms with Crippen molar-refractivity contribution in [2.75, 3.05) is 39.4 Å². The summed E-state index contributed by atoms with van der Waals surface area (Å²) in [6.07, 6.45) is 2.25. The molecule has 8 nitrogen and oxygen atoms in total. The van der Waals surface area contributed by atoms with Crippen LogP contribution in [0.4, 0.5) is 0 Å². The van der Waals surface area contributed by atoms with E-state index in [0.717, 1.165) is 0 Å². The van der Waals surface area contributed by atoms with Crippen LogP contribution in [0.15, 0.2) is 48.5 Å². The van der Waals surface area contributed by atoms with Crippen molar-refractivity contribution < 1.29 is 33.3 Å². The fraction of sp³-hybridized carbons (Fsp3) is 0.348. The van der Waals surface area contributed by atoms with E-state index in [1.807, 2.05) is 12.3 Å². The molecule has 1 atom stereocenters. The van der Waals surface area contributed by atoms with E-state index in [1.165, 1.54) is 32.0 Å². The highest BCUT2D eigenvalue weighted by Crippen LogP contribution is 2.24. The maximum Gasteiger partial charge on any atom is 0.329 e. The first-order chi connectivity index (χ1) is 15.5. The zero-order chi connectivity index (χ0) is 23.3. The molecule has 0 saturated heterocycles. The van der Waals surface area contributed by atoms with Crippen molar-refractivity contribution in [2.45, 2.75) is 12.5 Å². The van der Waals surface area contributed by atoms with E-state index in [4.69, 9.17) is 18.9 Å². The lowest BCUT2D eigenvalue weighted by Crippen LogP contribution is -2.44. The fourth-order valence-corrected chi connectivity index (χ4v) is 3.20. The smallest absolute Gasteiger partial charge is 0.329 e. The van der Waals surface area contributed by atoms with Crippen LogP contribution in [-0.2, 0) is 14.3 Å². The number of hydrogen-bond acceptors (Lipinski definition) is 8. The quantitative estimate of drug-likeness (QED) is 0.359. The van der Waals surface area contributed by atoms with Gasteiger partial charge in [-0.15, -0.1) is 0 Å². The topological polar surface area (TPSA) is 100 Å². The van der Waals surface area contributed by atoms with Gasteiger partial charge < -0.3 is 24.3 Å². The zero-order valence-corrected chi connectivity index (χ0v) is 19.1. The lowest BCUT2D eigenvalue weighted by Gasteiger charge is -2.17. The van der Waals surface area contributed by atoms with Crippen LogP contribution in [0.2, 0.25) is 0 Å². The summed E-state index contributed by atoms with van der Waals surface area (Å²) < 4.78 is 20.9. The van der Waals surface area contributed by atoms with Gasteiger partial charge in [-0.25, -0.2) is 4.79 Å². The van der Waals surface area contributed by atoms with E-state index in [0.29, 0.717) is 29.4 Å². The lowest BCUT2D eigenvalue weighted by molar-refractivity contribution is -0.147. The third-order valence-corrected chi connectivity index (χ3v) is 5.04. The van der Waals surface area contributed by atoms with Gasteiger partial charge in [-0.1, -0.05) is 18.2 Å². The van der Waals surface area contributed by atoms with E-state index in [1.54, 1.807) is 36.4 Å². The molecule has 1 amide bonds. The molecule has 0 aromatic heterocycles. The zero-order valence-electron chi connectivity index (χ0n) is 18.3. The van der Waals surface area contributed by atoms with Crippen molar-refractivity contribution in [1.82, 2.24) is 5.32 Å². The number of methoxy groups -OCH3 is 2. The van der Waals surface area contributed by atoms with E-state index < -0.39 is 30.3 Å². The number of esters is 1. The first kappa shape index (κ1) is 25.1. The van der Waals surface area contributed by atoms with Crippen LogP contribution < -0.4 is 19.5 Å². The summed E-state index contributed by atoms with van der Waals surface area (Å²) in [5, 5.41) is 2.62. The number of thioether (sulfide) groups is 1. The van der Waals surface area contributed by atoms with Gasteiger partial charge in [-0.2, -0.15) is 11.8 Å². The SMILES string of the molecule is COc1ccc(OC)c(C(=O)COC(=O)[C@@H](CCSC)NC(=O)COc2ccccc2)c1. The molecule has 0 spiro atoms. The average molecular weight is 462 g/mol. The Kier molecular flexibility index (Phi) is 10.4. The Morgan fingerprint density at radius 2 is 1.72 bits per heavy atom. The van der Waals surface area contributed by atoms with Gasteiger partial charge in [0.2, 0.25) is 5.78 Å². The van der Waals surface area contributed by atoms with Crippen LogP contribution in [0, 0.1) is 0 Å². The predicted molar refractivity (Wildman–Crippen MR) is 122 cm³/mol. The Hall–Kier alpha value is -3.20. The number of ketones is 1. The number of hydrogen-bond donors (Lipinski definition) is 1. The number of rotatable bonds is 13. The van der Waals surface area contributed by atoms with Crippen molar-refractivity contribution in [3.05, 3.63) is 54.1 Å². The molecule has 0 heterocycles. The molecule has 0 aliphatic rings. The molecule has 0 saturated carbocycles. The minimum absolute atomic E-state index is 0.237. The molecule has 2 rings (SSSR count). The Morgan fingerprint density at radius 3 is 2.38 bits per heavy atom. The number of ether oxygens (including phenoxy) is 4.